The first-order chi connectivity index (χ1) is 10.6. The molecule has 0 aliphatic carbocycles. The number of aromatic nitrogens is 2. The van der Waals surface area contributed by atoms with Gasteiger partial charge in [-0.2, -0.15) is 0 Å². The van der Waals surface area contributed by atoms with Gasteiger partial charge in [-0.3, -0.25) is 4.79 Å². The average Bonchev–Trinajstić information content (AvgIpc) is 2.51. The number of halogens is 1. The fraction of sp³-hybridized carbons (Fsp3) is 0.267. The Morgan fingerprint density at radius 2 is 2.09 bits per heavy atom. The zero-order valence-corrected chi connectivity index (χ0v) is 12.7. The molecule has 0 aliphatic heterocycles. The van der Waals surface area contributed by atoms with E-state index in [0.717, 1.165) is 5.56 Å². The molecular weight excluding hydrogens is 304 g/mol. The fourth-order valence-corrected chi connectivity index (χ4v) is 2.25. The Morgan fingerprint density at radius 1 is 1.32 bits per heavy atom. The predicted octanol–water partition coefficient (Wildman–Crippen LogP) is 1.74. The lowest BCUT2D eigenvalue weighted by Crippen LogP contribution is -2.33. The van der Waals surface area contributed by atoms with Gasteiger partial charge < -0.3 is 15.7 Å². The Hall–Kier alpha value is -2.18. The van der Waals surface area contributed by atoms with Crippen LogP contribution in [0.25, 0.3) is 0 Å². The highest BCUT2D eigenvalue weighted by Crippen LogP contribution is 2.15. The molecule has 0 atom stereocenters. The van der Waals surface area contributed by atoms with Crippen molar-refractivity contribution in [3.05, 3.63) is 52.9 Å². The van der Waals surface area contributed by atoms with E-state index in [1.807, 2.05) is 12.1 Å². The minimum Gasteiger partial charge on any atom is -0.396 e. The molecule has 22 heavy (non-hydrogen) atoms. The highest BCUT2D eigenvalue weighted by Gasteiger charge is 2.20. The molecule has 0 saturated heterocycles. The predicted molar refractivity (Wildman–Crippen MR) is 84.3 cm³/mol. The van der Waals surface area contributed by atoms with Crippen molar-refractivity contribution >= 4 is 23.3 Å². The van der Waals surface area contributed by atoms with Crippen LogP contribution >= 0.6 is 11.6 Å². The fourth-order valence-electron chi connectivity index (χ4n) is 2.03. The number of hydrogen-bond acceptors (Lipinski definition) is 5. The average molecular weight is 321 g/mol. The van der Waals surface area contributed by atoms with E-state index in [9.17, 15) is 4.79 Å². The van der Waals surface area contributed by atoms with E-state index >= 15 is 0 Å². The molecule has 116 valence electrons. The molecule has 2 aromatic rings. The summed E-state index contributed by atoms with van der Waals surface area (Å²) in [6.45, 7) is 0.739. The van der Waals surface area contributed by atoms with Crippen molar-refractivity contribution in [2.75, 3.05) is 18.9 Å². The molecule has 0 aliphatic rings. The van der Waals surface area contributed by atoms with Crippen LogP contribution in [-0.2, 0) is 6.54 Å². The van der Waals surface area contributed by atoms with Crippen molar-refractivity contribution in [2.24, 2.45) is 0 Å². The molecule has 0 spiro atoms. The third kappa shape index (κ3) is 4.16. The zero-order chi connectivity index (χ0) is 15.9. The Kier molecular flexibility index (Phi) is 5.68. The zero-order valence-electron chi connectivity index (χ0n) is 11.9. The molecule has 0 fully saturated rings. The first kappa shape index (κ1) is 16.2. The van der Waals surface area contributed by atoms with E-state index in [4.69, 9.17) is 22.4 Å². The molecule has 0 bridgehead atoms. The first-order valence-electron chi connectivity index (χ1n) is 6.83. The van der Waals surface area contributed by atoms with Gasteiger partial charge in [0.15, 0.2) is 11.5 Å². The molecular formula is C15H17ClN4O2. The first-order valence-corrected chi connectivity index (χ1v) is 7.20. The summed E-state index contributed by atoms with van der Waals surface area (Å²) in [6.07, 6.45) is 3.32. The lowest BCUT2D eigenvalue weighted by Gasteiger charge is -2.22. The lowest BCUT2D eigenvalue weighted by molar-refractivity contribution is 0.0727. The van der Waals surface area contributed by atoms with Gasteiger partial charge >= 0.3 is 0 Å². The monoisotopic (exact) mass is 320 g/mol. The second kappa shape index (κ2) is 7.72. The molecule has 7 heteroatoms. The van der Waals surface area contributed by atoms with Crippen LogP contribution < -0.4 is 5.73 Å². The molecule has 6 nitrogen and oxygen atoms in total. The van der Waals surface area contributed by atoms with Gasteiger partial charge in [0.2, 0.25) is 0 Å². The highest BCUT2D eigenvalue weighted by atomic mass is 35.5. The van der Waals surface area contributed by atoms with Crippen molar-refractivity contribution in [1.82, 2.24) is 14.9 Å². The number of hydrogen-bond donors (Lipinski definition) is 2. The summed E-state index contributed by atoms with van der Waals surface area (Å²) in [5, 5.41) is 9.62. The number of anilines is 1. The summed E-state index contributed by atoms with van der Waals surface area (Å²) < 4.78 is 0. The number of carbonyl (C=O) groups excluding carboxylic acids is 1. The van der Waals surface area contributed by atoms with Gasteiger partial charge in [0.05, 0.1) is 0 Å². The topological polar surface area (TPSA) is 92.3 Å². The van der Waals surface area contributed by atoms with Crippen LogP contribution in [0.3, 0.4) is 0 Å². The van der Waals surface area contributed by atoms with Crippen molar-refractivity contribution in [3.8, 4) is 0 Å². The number of carbonyl (C=O) groups is 1. The Labute approximate surface area is 133 Å². The van der Waals surface area contributed by atoms with E-state index in [2.05, 4.69) is 9.97 Å². The highest BCUT2D eigenvalue weighted by molar-refractivity contribution is 6.30. The smallest absolute Gasteiger partial charge is 0.276 e. The number of nitrogen functional groups attached to an aromatic ring is 1. The molecule has 1 aromatic carbocycles. The number of rotatable bonds is 6. The van der Waals surface area contributed by atoms with Crippen LogP contribution in [0.1, 0.15) is 22.5 Å². The molecule has 2 rings (SSSR count). The van der Waals surface area contributed by atoms with Crippen molar-refractivity contribution in [2.45, 2.75) is 13.0 Å². The Balaban J connectivity index is 2.22. The van der Waals surface area contributed by atoms with Crippen LogP contribution in [0.4, 0.5) is 5.82 Å². The number of nitrogens with zero attached hydrogens (tertiary/aromatic N) is 3. The van der Waals surface area contributed by atoms with Gasteiger partial charge in [-0.1, -0.05) is 23.7 Å². The second-order valence-corrected chi connectivity index (χ2v) is 5.16. The minimum atomic E-state index is -0.320. The van der Waals surface area contributed by atoms with Crippen molar-refractivity contribution in [3.63, 3.8) is 0 Å². The summed E-state index contributed by atoms with van der Waals surface area (Å²) >= 11 is 5.97. The van der Waals surface area contributed by atoms with Crippen molar-refractivity contribution < 1.29 is 9.90 Å². The second-order valence-electron chi connectivity index (χ2n) is 4.72. The summed E-state index contributed by atoms with van der Waals surface area (Å²) in [7, 11) is 0. The summed E-state index contributed by atoms with van der Waals surface area (Å²) in [6, 6.07) is 7.26. The molecule has 0 saturated carbocycles. The molecule has 3 N–H and O–H groups in total. The van der Waals surface area contributed by atoms with Gasteiger partial charge in [0.1, 0.15) is 0 Å². The standard InChI is InChI=1S/C15H17ClN4O2/c16-12-4-1-3-11(9-12)10-20(7-2-8-21)15(22)13-14(17)19-6-5-18-13/h1,3-6,9,21H,2,7-8,10H2,(H2,17,19). The minimum absolute atomic E-state index is 0.00469. The van der Waals surface area contributed by atoms with Gasteiger partial charge in [-0.25, -0.2) is 9.97 Å². The quantitative estimate of drug-likeness (QED) is 0.845. The number of nitrogens with two attached hydrogens (primary N) is 1. The van der Waals surface area contributed by atoms with E-state index in [0.29, 0.717) is 24.5 Å². The number of aliphatic hydroxyl groups is 1. The Bertz CT molecular complexity index is 651. The van der Waals surface area contributed by atoms with Crippen LogP contribution in [0.15, 0.2) is 36.7 Å². The third-order valence-electron chi connectivity index (χ3n) is 3.06. The summed E-state index contributed by atoms with van der Waals surface area (Å²) in [5.41, 5.74) is 6.72. The molecule has 1 aromatic heterocycles. The van der Waals surface area contributed by atoms with Crippen LogP contribution in [0, 0.1) is 0 Å². The summed E-state index contributed by atoms with van der Waals surface area (Å²) in [5.74, 6) is -0.230. The van der Waals surface area contributed by atoms with Gasteiger partial charge in [-0.05, 0) is 24.1 Å². The maximum Gasteiger partial charge on any atom is 0.276 e. The third-order valence-corrected chi connectivity index (χ3v) is 3.30. The van der Waals surface area contributed by atoms with E-state index in [1.165, 1.54) is 12.4 Å². The lowest BCUT2D eigenvalue weighted by atomic mass is 10.2. The van der Waals surface area contributed by atoms with E-state index < -0.39 is 0 Å². The maximum absolute atomic E-state index is 12.6. The van der Waals surface area contributed by atoms with E-state index in [-0.39, 0.29) is 24.0 Å². The molecule has 1 amide bonds. The number of amides is 1. The molecule has 1 heterocycles. The van der Waals surface area contributed by atoms with Crippen LogP contribution in [-0.4, -0.2) is 39.0 Å². The normalized spacial score (nSPS) is 10.5. The largest absolute Gasteiger partial charge is 0.396 e. The Morgan fingerprint density at radius 3 is 2.77 bits per heavy atom. The SMILES string of the molecule is Nc1nccnc1C(=O)N(CCCO)Cc1cccc(Cl)c1. The molecule has 0 unspecified atom stereocenters. The number of benzene rings is 1. The van der Waals surface area contributed by atoms with Gasteiger partial charge in [-0.15, -0.1) is 0 Å². The van der Waals surface area contributed by atoms with Gasteiger partial charge in [0, 0.05) is 37.1 Å². The van der Waals surface area contributed by atoms with Crippen LogP contribution in [0.2, 0.25) is 5.02 Å². The van der Waals surface area contributed by atoms with Crippen LogP contribution in [0.5, 0.6) is 0 Å². The maximum atomic E-state index is 12.6. The summed E-state index contributed by atoms with van der Waals surface area (Å²) in [4.78, 5) is 22.0. The number of aliphatic hydroxyl groups excluding tert-OH is 1. The van der Waals surface area contributed by atoms with E-state index in [1.54, 1.807) is 17.0 Å². The van der Waals surface area contributed by atoms with Gasteiger partial charge in [0.25, 0.3) is 5.91 Å². The van der Waals surface area contributed by atoms with Crippen molar-refractivity contribution in [1.29, 1.82) is 0 Å². The molecule has 0 radical (unpaired) electrons.